The third-order valence-electron chi connectivity index (χ3n) is 2.41. The Hall–Kier alpha value is -0.130. The van der Waals surface area contributed by atoms with Gasteiger partial charge in [-0.25, -0.2) is 0 Å². The fourth-order valence-corrected chi connectivity index (χ4v) is 1.35. The molecule has 0 radical (unpaired) electrons. The predicted octanol–water partition coefficient (Wildman–Crippen LogP) is 5.30. The normalized spacial score (nSPS) is 10.0. The van der Waals surface area contributed by atoms with Crippen LogP contribution in [0.4, 0.5) is 0 Å². The zero-order valence-electron chi connectivity index (χ0n) is 13.2. The molecule has 5 heteroatoms. The average Bonchev–Trinajstić information content (AvgIpc) is 2.29. The van der Waals surface area contributed by atoms with Crippen LogP contribution >= 0.6 is 0 Å². The van der Waals surface area contributed by atoms with Crippen molar-refractivity contribution in [2.75, 3.05) is 0 Å². The number of hydrogen-bond donors (Lipinski definition) is 2. The first-order valence-electron chi connectivity index (χ1n) is 7.53. The van der Waals surface area contributed by atoms with Gasteiger partial charge in [0.1, 0.15) is 0 Å². The molecule has 0 aliphatic rings. The summed E-state index contributed by atoms with van der Waals surface area (Å²) >= 11 is 0. The van der Waals surface area contributed by atoms with Crippen LogP contribution in [0.1, 0.15) is 91.9 Å². The lowest BCUT2D eigenvalue weighted by Gasteiger charge is -1.90. The molecule has 0 aromatic heterocycles. The van der Waals surface area contributed by atoms with Crippen molar-refractivity contribution in [1.29, 1.82) is 0 Å². The molecule has 0 bridgehead atoms. The molecule has 0 saturated heterocycles. The lowest BCUT2D eigenvalue weighted by atomic mass is 10.2. The molecule has 0 aromatic carbocycles. The fraction of sp³-hybridized carbons (Fsp3) is 1.00. The zero-order valence-corrected chi connectivity index (χ0v) is 14.0. The molecule has 2 N–H and O–H groups in total. The maximum absolute atomic E-state index is 8.74. The van der Waals surface area contributed by atoms with Crippen LogP contribution in [0.15, 0.2) is 0 Å². The fourth-order valence-electron chi connectivity index (χ4n) is 1.35. The van der Waals surface area contributed by atoms with Crippen LogP contribution in [0.25, 0.3) is 0 Å². The Balaban J connectivity index is -0.000000206. The molecule has 0 unspecified atom stereocenters. The van der Waals surface area contributed by atoms with Crippen molar-refractivity contribution in [2.24, 2.45) is 0 Å². The summed E-state index contributed by atoms with van der Waals surface area (Å²) in [4.78, 5) is 0. The van der Waals surface area contributed by atoms with Crippen LogP contribution in [0.2, 0.25) is 0 Å². The highest BCUT2D eigenvalue weighted by molar-refractivity contribution is 7.79. The van der Waals surface area contributed by atoms with Crippen LogP contribution in [0.3, 0.4) is 0 Å². The highest BCUT2D eigenvalue weighted by atomic mass is 32.3. The van der Waals surface area contributed by atoms with Crippen LogP contribution in [-0.4, -0.2) is 17.5 Å². The molecule has 0 amide bonds. The van der Waals surface area contributed by atoms with Crippen LogP contribution < -0.4 is 0 Å². The molecule has 120 valence electrons. The topological polar surface area (TPSA) is 74.6 Å². The van der Waals surface area contributed by atoms with E-state index < -0.39 is 10.4 Å². The molecule has 0 spiro atoms. The van der Waals surface area contributed by atoms with E-state index in [9.17, 15) is 0 Å². The summed E-state index contributed by atoms with van der Waals surface area (Å²) in [6, 6.07) is 0. The second-order valence-electron chi connectivity index (χ2n) is 4.57. The van der Waals surface area contributed by atoms with Crippen molar-refractivity contribution in [3.8, 4) is 0 Å². The van der Waals surface area contributed by atoms with Crippen LogP contribution in [-0.2, 0) is 10.4 Å². The number of unbranched alkanes of at least 4 members (excludes halogenated alkanes) is 8. The Morgan fingerprint density at radius 2 is 0.737 bits per heavy atom. The number of hydrogen-bond acceptors (Lipinski definition) is 2. The highest BCUT2D eigenvalue weighted by Gasteiger charge is 1.84. The third kappa shape index (κ3) is 72.7. The van der Waals surface area contributed by atoms with Gasteiger partial charge in [0, 0.05) is 0 Å². The van der Waals surface area contributed by atoms with E-state index in [1.807, 2.05) is 0 Å². The Bertz CT molecular complexity index is 200. The smallest absolute Gasteiger partial charge is 0.264 e. The summed E-state index contributed by atoms with van der Waals surface area (Å²) in [6.07, 6.45) is 14.0. The molecule has 4 nitrogen and oxygen atoms in total. The molecule has 0 saturated carbocycles. The molecule has 0 aliphatic heterocycles. The largest absolute Gasteiger partial charge is 0.394 e. The molecule has 19 heavy (non-hydrogen) atoms. The number of rotatable bonds is 8. The standard InChI is InChI=1S/2C7H16.H2O4S/c2*1-3-5-7-6-4-2;1-5(2,3)4/h2*3-7H2,1-2H3;(H2,1,2,3,4). The first-order chi connectivity index (χ1) is 8.83. The van der Waals surface area contributed by atoms with Gasteiger partial charge < -0.3 is 0 Å². The first-order valence-corrected chi connectivity index (χ1v) is 8.92. The van der Waals surface area contributed by atoms with Gasteiger partial charge in [-0.2, -0.15) is 8.42 Å². The van der Waals surface area contributed by atoms with E-state index in [1.54, 1.807) is 0 Å². The van der Waals surface area contributed by atoms with E-state index in [0.29, 0.717) is 0 Å². The van der Waals surface area contributed by atoms with Gasteiger partial charge in [0.05, 0.1) is 0 Å². The lowest BCUT2D eigenvalue weighted by Crippen LogP contribution is -1.89. The summed E-state index contributed by atoms with van der Waals surface area (Å²) in [6.45, 7) is 8.98. The van der Waals surface area contributed by atoms with Gasteiger partial charge in [0.2, 0.25) is 0 Å². The average molecular weight is 298 g/mol. The van der Waals surface area contributed by atoms with Crippen LogP contribution in [0, 0.1) is 0 Å². The van der Waals surface area contributed by atoms with E-state index in [2.05, 4.69) is 27.7 Å². The molecule has 0 atom stereocenters. The second kappa shape index (κ2) is 20.2. The van der Waals surface area contributed by atoms with Gasteiger partial charge in [0.15, 0.2) is 0 Å². The molecular weight excluding hydrogens is 264 g/mol. The minimum Gasteiger partial charge on any atom is -0.264 e. The van der Waals surface area contributed by atoms with Gasteiger partial charge in [-0.3, -0.25) is 9.11 Å². The monoisotopic (exact) mass is 298 g/mol. The quantitative estimate of drug-likeness (QED) is 0.471. The van der Waals surface area contributed by atoms with E-state index in [0.717, 1.165) is 0 Å². The Morgan fingerprint density at radius 1 is 0.579 bits per heavy atom. The first kappa shape index (κ1) is 23.9. The van der Waals surface area contributed by atoms with Gasteiger partial charge in [-0.15, -0.1) is 0 Å². The Labute approximate surface area is 120 Å². The summed E-state index contributed by atoms with van der Waals surface area (Å²) in [5.74, 6) is 0. The van der Waals surface area contributed by atoms with E-state index >= 15 is 0 Å². The Morgan fingerprint density at radius 3 is 0.842 bits per heavy atom. The Kier molecular flexibility index (Phi) is 25.4. The second-order valence-corrected chi connectivity index (χ2v) is 5.46. The van der Waals surface area contributed by atoms with E-state index in [4.69, 9.17) is 17.5 Å². The minimum atomic E-state index is -4.67. The highest BCUT2D eigenvalue weighted by Crippen LogP contribution is 2.00. The summed E-state index contributed by atoms with van der Waals surface area (Å²) < 4.78 is 31.6. The lowest BCUT2D eigenvalue weighted by molar-refractivity contribution is 0.381. The summed E-state index contributed by atoms with van der Waals surface area (Å²) in [7, 11) is -4.67. The van der Waals surface area contributed by atoms with Crippen molar-refractivity contribution >= 4 is 10.4 Å². The van der Waals surface area contributed by atoms with Gasteiger partial charge in [-0.05, 0) is 0 Å². The van der Waals surface area contributed by atoms with E-state index in [1.165, 1.54) is 64.2 Å². The van der Waals surface area contributed by atoms with Crippen molar-refractivity contribution in [3.05, 3.63) is 0 Å². The third-order valence-corrected chi connectivity index (χ3v) is 2.41. The predicted molar refractivity (Wildman–Crippen MR) is 83.0 cm³/mol. The molecule has 0 rings (SSSR count). The van der Waals surface area contributed by atoms with Gasteiger partial charge >= 0.3 is 10.4 Å². The van der Waals surface area contributed by atoms with Crippen molar-refractivity contribution in [3.63, 3.8) is 0 Å². The molecule has 0 heterocycles. The van der Waals surface area contributed by atoms with Crippen molar-refractivity contribution in [1.82, 2.24) is 0 Å². The minimum absolute atomic E-state index is 1.36. The maximum atomic E-state index is 8.74. The van der Waals surface area contributed by atoms with Gasteiger partial charge in [-0.1, -0.05) is 91.9 Å². The summed E-state index contributed by atoms with van der Waals surface area (Å²) in [5, 5.41) is 0. The molecular formula is C14H34O4S. The van der Waals surface area contributed by atoms with Crippen LogP contribution in [0.5, 0.6) is 0 Å². The maximum Gasteiger partial charge on any atom is 0.394 e. The molecule has 0 aromatic rings. The molecule has 0 aliphatic carbocycles. The molecule has 0 fully saturated rings. The van der Waals surface area contributed by atoms with Crippen molar-refractivity contribution in [2.45, 2.75) is 91.9 Å². The summed E-state index contributed by atoms with van der Waals surface area (Å²) in [5.41, 5.74) is 0. The zero-order chi connectivity index (χ0) is 15.6. The SMILES string of the molecule is CCCCCCC.CCCCCCC.O=S(=O)(O)O. The van der Waals surface area contributed by atoms with E-state index in [-0.39, 0.29) is 0 Å². The van der Waals surface area contributed by atoms with Crippen molar-refractivity contribution < 1.29 is 17.5 Å². The van der Waals surface area contributed by atoms with Gasteiger partial charge in [0.25, 0.3) is 0 Å².